The van der Waals surface area contributed by atoms with Crippen LogP contribution in [-0.4, -0.2) is 0 Å². The molecule has 0 N–H and O–H groups in total. The first kappa shape index (κ1) is 12.6. The molecule has 0 atom stereocenters. The van der Waals surface area contributed by atoms with E-state index in [0.29, 0.717) is 5.56 Å². The van der Waals surface area contributed by atoms with E-state index in [4.69, 9.17) is 12.6 Å². The van der Waals surface area contributed by atoms with E-state index in [-0.39, 0.29) is 57.7 Å². The van der Waals surface area contributed by atoms with Gasteiger partial charge in [0.2, 0.25) is 0 Å². The van der Waals surface area contributed by atoms with Crippen LogP contribution < -0.4 is 0 Å². The normalized spacial score (nSPS) is 14.6. The van der Waals surface area contributed by atoms with Crippen LogP contribution in [0.15, 0.2) is 126 Å². The fourth-order valence-corrected chi connectivity index (χ4v) is 4.74. The lowest BCUT2D eigenvalue weighted by molar-refractivity contribution is 0.669. The number of rotatable bonds is 2. The van der Waals surface area contributed by atoms with Crippen molar-refractivity contribution >= 4 is 43.5 Å². The lowest BCUT2D eigenvalue weighted by Gasteiger charge is -2.17. The van der Waals surface area contributed by atoms with Crippen LogP contribution in [0.1, 0.15) is 9.60 Å². The Labute approximate surface area is 201 Å². The number of para-hydroxylation sites is 1. The average Bonchev–Trinajstić information content (AvgIpc) is 3.39. The zero-order valence-corrected chi connectivity index (χ0v) is 17.4. The molecule has 0 amide bonds. The van der Waals surface area contributed by atoms with E-state index in [1.807, 2.05) is 66.7 Å². The summed E-state index contributed by atoms with van der Waals surface area (Å²) < 4.78 is 66.2. The number of hydrogen-bond donors (Lipinski definition) is 0. The lowest BCUT2D eigenvalue weighted by Crippen LogP contribution is -1.90. The smallest absolute Gasteiger partial charge is 0.135 e. The molecule has 0 saturated carbocycles. The Morgan fingerprint density at radius 3 is 1.67 bits per heavy atom. The van der Waals surface area contributed by atoms with Crippen LogP contribution >= 0.6 is 0 Å². The fourth-order valence-electron chi connectivity index (χ4n) is 4.74. The van der Waals surface area contributed by atoms with Gasteiger partial charge in [-0.15, -0.1) is 0 Å². The van der Waals surface area contributed by atoms with Crippen LogP contribution in [0.2, 0.25) is 0 Å². The van der Waals surface area contributed by atoms with E-state index >= 15 is 0 Å². The van der Waals surface area contributed by atoms with Crippen molar-refractivity contribution in [2.45, 2.75) is 0 Å². The van der Waals surface area contributed by atoms with Gasteiger partial charge in [0.05, 0.1) is 9.60 Å². The van der Waals surface area contributed by atoms with Crippen molar-refractivity contribution in [1.29, 1.82) is 0 Å². The van der Waals surface area contributed by atoms with Crippen LogP contribution in [-0.2, 0) is 0 Å². The number of furan rings is 1. The molecule has 7 aromatic rings. The highest BCUT2D eigenvalue weighted by molar-refractivity contribution is 6.22. The van der Waals surface area contributed by atoms with Crippen LogP contribution in [0.25, 0.3) is 65.7 Å². The summed E-state index contributed by atoms with van der Waals surface area (Å²) in [5, 5.41) is 3.66. The molecule has 0 fully saturated rings. The minimum atomic E-state index is -0.450. The summed E-state index contributed by atoms with van der Waals surface area (Å²) in [5.74, 6) is 0. The minimum absolute atomic E-state index is 0.0512. The molecule has 1 aromatic heterocycles. The van der Waals surface area contributed by atoms with Gasteiger partial charge in [-0.2, -0.15) is 0 Å². The van der Waals surface area contributed by atoms with Crippen molar-refractivity contribution in [3.05, 3.63) is 121 Å². The van der Waals surface area contributed by atoms with Gasteiger partial charge in [0.1, 0.15) is 11.2 Å². The number of hydrogen-bond acceptors (Lipinski definition) is 1. The van der Waals surface area contributed by atoms with Crippen molar-refractivity contribution in [3.63, 3.8) is 0 Å². The molecule has 0 spiro atoms. The van der Waals surface area contributed by atoms with E-state index in [2.05, 4.69) is 12.1 Å². The second-order valence-electron chi connectivity index (χ2n) is 7.97. The van der Waals surface area contributed by atoms with Crippen molar-refractivity contribution < 1.29 is 14.0 Å². The van der Waals surface area contributed by atoms with Crippen molar-refractivity contribution in [3.8, 4) is 22.3 Å². The standard InChI is InChI=1S/C32H20O/c1-2-10-21(11-3-1)31-24-13-4-6-15-26(24)32(27-16-7-5-14-25(27)31)22-18-19-30-28(20-22)23-12-8-9-17-29(23)33-30/h1-20H/i8D,9D,12D,17D,18D,19D,20D. The molecule has 1 nitrogen and oxygen atoms in total. The van der Waals surface area contributed by atoms with Crippen molar-refractivity contribution in [1.82, 2.24) is 0 Å². The predicted octanol–water partition coefficient (Wildman–Crippen LogP) is 9.23. The fraction of sp³-hybridized carbons (Fsp3) is 0. The first-order valence-corrected chi connectivity index (χ1v) is 10.7. The first-order valence-electron chi connectivity index (χ1n) is 14.2. The molecular formula is C32H20O. The van der Waals surface area contributed by atoms with Gasteiger partial charge in [-0.3, -0.25) is 0 Å². The average molecular weight is 428 g/mol. The third kappa shape index (κ3) is 2.73. The molecule has 0 aliphatic carbocycles. The van der Waals surface area contributed by atoms with Gasteiger partial charge in [0.15, 0.2) is 0 Å². The largest absolute Gasteiger partial charge is 0.456 e. The van der Waals surface area contributed by atoms with Gasteiger partial charge in [0.25, 0.3) is 0 Å². The molecule has 0 aliphatic rings. The topological polar surface area (TPSA) is 13.1 Å². The predicted molar refractivity (Wildman–Crippen MR) is 140 cm³/mol. The maximum Gasteiger partial charge on any atom is 0.135 e. The summed E-state index contributed by atoms with van der Waals surface area (Å²) in [6, 6.07) is 23.6. The monoisotopic (exact) mass is 427 g/mol. The highest BCUT2D eigenvalue weighted by Gasteiger charge is 2.17. The third-order valence-electron chi connectivity index (χ3n) is 6.13. The van der Waals surface area contributed by atoms with Gasteiger partial charge >= 0.3 is 0 Å². The molecular weight excluding hydrogens is 400 g/mol. The first-order chi connectivity index (χ1) is 19.3. The van der Waals surface area contributed by atoms with Gasteiger partial charge in [-0.25, -0.2) is 0 Å². The Bertz CT molecular complexity index is 2130. The maximum atomic E-state index is 9.36. The molecule has 6 aromatic carbocycles. The molecule has 1 heterocycles. The summed E-state index contributed by atoms with van der Waals surface area (Å²) in [6.45, 7) is 0. The minimum Gasteiger partial charge on any atom is -0.456 e. The van der Waals surface area contributed by atoms with E-state index in [0.717, 1.165) is 32.7 Å². The van der Waals surface area contributed by atoms with Crippen LogP contribution in [0.3, 0.4) is 0 Å². The summed E-state index contributed by atoms with van der Waals surface area (Å²) >= 11 is 0. The number of benzene rings is 6. The molecule has 1 heteroatoms. The van der Waals surface area contributed by atoms with Gasteiger partial charge in [-0.1, -0.05) is 103 Å². The van der Waals surface area contributed by atoms with Crippen LogP contribution in [0.4, 0.5) is 0 Å². The molecule has 0 radical (unpaired) electrons. The van der Waals surface area contributed by atoms with E-state index < -0.39 is 12.1 Å². The van der Waals surface area contributed by atoms with Crippen molar-refractivity contribution in [2.24, 2.45) is 0 Å². The Morgan fingerprint density at radius 2 is 1.00 bits per heavy atom. The van der Waals surface area contributed by atoms with Gasteiger partial charge in [0, 0.05) is 10.8 Å². The zero-order chi connectivity index (χ0) is 27.9. The Balaban J connectivity index is 1.72. The molecule has 0 aliphatic heterocycles. The summed E-state index contributed by atoms with van der Waals surface area (Å²) in [4.78, 5) is 0. The third-order valence-corrected chi connectivity index (χ3v) is 6.13. The number of fused-ring (bicyclic) bond motifs is 5. The van der Waals surface area contributed by atoms with Crippen LogP contribution in [0.5, 0.6) is 0 Å². The quantitative estimate of drug-likeness (QED) is 0.251. The van der Waals surface area contributed by atoms with Crippen LogP contribution in [0, 0.1) is 0 Å². The molecule has 33 heavy (non-hydrogen) atoms. The van der Waals surface area contributed by atoms with E-state index in [9.17, 15) is 1.37 Å². The zero-order valence-electron chi connectivity index (χ0n) is 24.4. The summed E-state index contributed by atoms with van der Waals surface area (Å²) in [7, 11) is 0. The summed E-state index contributed by atoms with van der Waals surface area (Å²) in [6.07, 6.45) is 0. The SMILES string of the molecule is [2H]c1c([2H])c([2H])c2c(oc3c([2H])c([2H])c(-c4c5ccccc5c(-c5ccccc5)c5ccccc45)c([2H])c32)c1[2H]. The Kier molecular flexibility index (Phi) is 2.71. The Morgan fingerprint density at radius 1 is 0.455 bits per heavy atom. The highest BCUT2D eigenvalue weighted by atomic mass is 16.3. The maximum absolute atomic E-state index is 9.36. The second kappa shape index (κ2) is 7.08. The highest BCUT2D eigenvalue weighted by Crippen LogP contribution is 2.44. The van der Waals surface area contributed by atoms with E-state index in [1.165, 1.54) is 0 Å². The molecule has 154 valence electrons. The van der Waals surface area contributed by atoms with Crippen molar-refractivity contribution in [2.75, 3.05) is 0 Å². The van der Waals surface area contributed by atoms with E-state index in [1.54, 1.807) is 0 Å². The van der Waals surface area contributed by atoms with Gasteiger partial charge in [-0.05, 0) is 61.9 Å². The molecule has 0 bridgehead atoms. The molecule has 7 rings (SSSR count). The summed E-state index contributed by atoms with van der Waals surface area (Å²) in [5.41, 5.74) is 2.71. The lowest BCUT2D eigenvalue weighted by atomic mass is 9.86. The second-order valence-corrected chi connectivity index (χ2v) is 7.97. The van der Waals surface area contributed by atoms with Gasteiger partial charge < -0.3 is 4.42 Å². The molecule has 0 saturated heterocycles. The molecule has 0 unspecified atom stereocenters. The Hall–Kier alpha value is -4.36.